The molecule has 0 aliphatic heterocycles. The first-order chi connectivity index (χ1) is 8.41. The van der Waals surface area contributed by atoms with E-state index in [2.05, 4.69) is 10.6 Å². The molecule has 5 nitrogen and oxygen atoms in total. The summed E-state index contributed by atoms with van der Waals surface area (Å²) in [6.07, 6.45) is 0. The van der Waals surface area contributed by atoms with E-state index in [1.165, 1.54) is 30.0 Å². The Morgan fingerprint density at radius 2 is 1.89 bits per heavy atom. The minimum absolute atomic E-state index is 0.0912. The number of nitrogens with one attached hydrogen (secondary N) is 2. The molecule has 98 valence electrons. The highest BCUT2D eigenvalue weighted by molar-refractivity contribution is 5.96. The third-order valence-corrected chi connectivity index (χ3v) is 2.27. The van der Waals surface area contributed by atoms with Gasteiger partial charge in [0.1, 0.15) is 11.9 Å². The number of halogens is 1. The summed E-state index contributed by atoms with van der Waals surface area (Å²) in [5.74, 6) is -0.993. The van der Waals surface area contributed by atoms with Gasteiger partial charge in [-0.1, -0.05) is 12.1 Å². The molecular weight excluding hydrogens is 237 g/mol. The lowest BCUT2D eigenvalue weighted by atomic mass is 10.2. The number of carbonyl (C=O) groups is 2. The smallest absolute Gasteiger partial charge is 0.317 e. The fourth-order valence-electron chi connectivity index (χ4n) is 1.18. The average Bonchev–Trinajstić information content (AvgIpc) is 2.31. The van der Waals surface area contributed by atoms with E-state index in [1.807, 2.05) is 0 Å². The van der Waals surface area contributed by atoms with Crippen molar-refractivity contribution in [1.82, 2.24) is 10.2 Å². The summed E-state index contributed by atoms with van der Waals surface area (Å²) < 4.78 is 13.3. The van der Waals surface area contributed by atoms with Gasteiger partial charge < -0.3 is 15.5 Å². The van der Waals surface area contributed by atoms with Gasteiger partial charge in [-0.3, -0.25) is 4.79 Å². The van der Waals surface area contributed by atoms with Crippen LogP contribution in [0.25, 0.3) is 0 Å². The van der Waals surface area contributed by atoms with E-state index in [-0.39, 0.29) is 11.7 Å². The average molecular weight is 253 g/mol. The van der Waals surface area contributed by atoms with Gasteiger partial charge in [-0.2, -0.15) is 0 Å². The van der Waals surface area contributed by atoms with Gasteiger partial charge in [0.05, 0.1) is 5.69 Å². The third-order valence-electron chi connectivity index (χ3n) is 2.27. The molecule has 1 rings (SSSR count). The summed E-state index contributed by atoms with van der Waals surface area (Å²) in [6, 6.07) is 4.71. The lowest BCUT2D eigenvalue weighted by Gasteiger charge is -2.17. The number of hydrogen-bond donors (Lipinski definition) is 2. The second-order valence-electron chi connectivity index (χ2n) is 4.03. The number of nitrogens with zero attached hydrogens (tertiary/aromatic N) is 1. The number of hydrogen-bond acceptors (Lipinski definition) is 2. The fourth-order valence-corrected chi connectivity index (χ4v) is 1.18. The van der Waals surface area contributed by atoms with Crippen molar-refractivity contribution in [3.63, 3.8) is 0 Å². The van der Waals surface area contributed by atoms with E-state index in [4.69, 9.17) is 0 Å². The lowest BCUT2D eigenvalue weighted by Crippen LogP contribution is -2.45. The Hall–Kier alpha value is -2.11. The molecule has 0 heterocycles. The lowest BCUT2D eigenvalue weighted by molar-refractivity contribution is -0.117. The van der Waals surface area contributed by atoms with E-state index in [9.17, 15) is 14.0 Å². The monoisotopic (exact) mass is 253 g/mol. The molecule has 1 atom stereocenters. The van der Waals surface area contributed by atoms with Crippen molar-refractivity contribution in [2.75, 3.05) is 19.4 Å². The van der Waals surface area contributed by atoms with E-state index in [1.54, 1.807) is 20.2 Å². The normalized spacial score (nSPS) is 11.6. The molecule has 0 fully saturated rings. The molecule has 2 N–H and O–H groups in total. The molecule has 0 aromatic heterocycles. The number of amides is 3. The van der Waals surface area contributed by atoms with E-state index < -0.39 is 17.8 Å². The first-order valence-electron chi connectivity index (χ1n) is 5.45. The van der Waals surface area contributed by atoms with Crippen molar-refractivity contribution >= 4 is 17.6 Å². The molecule has 0 spiro atoms. The molecule has 18 heavy (non-hydrogen) atoms. The first-order valence-corrected chi connectivity index (χ1v) is 5.45. The van der Waals surface area contributed by atoms with Gasteiger partial charge in [-0.05, 0) is 19.1 Å². The van der Waals surface area contributed by atoms with E-state index in [0.29, 0.717) is 0 Å². The molecule has 0 bridgehead atoms. The van der Waals surface area contributed by atoms with Gasteiger partial charge in [0.15, 0.2) is 0 Å². The molecule has 0 radical (unpaired) electrons. The van der Waals surface area contributed by atoms with Gasteiger partial charge in [-0.15, -0.1) is 0 Å². The van der Waals surface area contributed by atoms with E-state index in [0.717, 1.165) is 0 Å². The Kier molecular flexibility index (Phi) is 4.65. The molecule has 1 aromatic carbocycles. The summed E-state index contributed by atoms with van der Waals surface area (Å²) in [4.78, 5) is 24.4. The van der Waals surface area contributed by atoms with Crippen molar-refractivity contribution in [3.8, 4) is 0 Å². The van der Waals surface area contributed by atoms with Crippen LogP contribution in [0.1, 0.15) is 6.92 Å². The standard InChI is InChI=1S/C12H16FN3O2/c1-8(14-12(18)16(2)3)11(17)15-10-7-5-4-6-9(10)13/h4-8H,1-3H3,(H,14,18)(H,15,17). The largest absolute Gasteiger partial charge is 0.331 e. The topological polar surface area (TPSA) is 61.4 Å². The SMILES string of the molecule is CC(NC(=O)N(C)C)C(=O)Nc1ccccc1F. The molecular formula is C12H16FN3O2. The summed E-state index contributed by atoms with van der Waals surface area (Å²) in [6.45, 7) is 1.53. The maximum atomic E-state index is 13.3. The third kappa shape index (κ3) is 3.73. The summed E-state index contributed by atoms with van der Waals surface area (Å²) in [5.41, 5.74) is 0.0912. The molecule has 1 aromatic rings. The molecule has 0 saturated heterocycles. The van der Waals surface area contributed by atoms with Crippen molar-refractivity contribution in [1.29, 1.82) is 0 Å². The van der Waals surface area contributed by atoms with Crippen LogP contribution in [0, 0.1) is 5.82 Å². The number of anilines is 1. The maximum absolute atomic E-state index is 13.3. The highest BCUT2D eigenvalue weighted by atomic mass is 19.1. The number of urea groups is 1. The Morgan fingerprint density at radius 3 is 2.44 bits per heavy atom. The zero-order chi connectivity index (χ0) is 13.7. The maximum Gasteiger partial charge on any atom is 0.317 e. The molecule has 1 unspecified atom stereocenters. The van der Waals surface area contributed by atoms with Gasteiger partial charge in [0.25, 0.3) is 0 Å². The van der Waals surface area contributed by atoms with Crippen LogP contribution < -0.4 is 10.6 Å². The zero-order valence-electron chi connectivity index (χ0n) is 10.5. The van der Waals surface area contributed by atoms with Crippen LogP contribution in [-0.4, -0.2) is 37.0 Å². The Bertz CT molecular complexity index is 449. The Morgan fingerprint density at radius 1 is 1.28 bits per heavy atom. The summed E-state index contributed by atoms with van der Waals surface area (Å²) >= 11 is 0. The second kappa shape index (κ2) is 6.00. The zero-order valence-corrected chi connectivity index (χ0v) is 10.5. The molecule has 0 aliphatic rings. The van der Waals surface area contributed by atoms with Gasteiger partial charge in [0, 0.05) is 14.1 Å². The Labute approximate surface area is 105 Å². The van der Waals surface area contributed by atoms with Gasteiger partial charge in [-0.25, -0.2) is 9.18 Å². The van der Waals surface area contributed by atoms with Crippen molar-refractivity contribution < 1.29 is 14.0 Å². The van der Waals surface area contributed by atoms with Crippen molar-refractivity contribution in [2.24, 2.45) is 0 Å². The van der Waals surface area contributed by atoms with Crippen LogP contribution in [0.15, 0.2) is 24.3 Å². The highest BCUT2D eigenvalue weighted by Gasteiger charge is 2.17. The summed E-state index contributed by atoms with van der Waals surface area (Å²) in [5, 5.41) is 4.88. The molecule has 3 amide bonds. The molecule has 6 heteroatoms. The predicted octanol–water partition coefficient (Wildman–Crippen LogP) is 1.42. The second-order valence-corrected chi connectivity index (χ2v) is 4.03. The summed E-state index contributed by atoms with van der Waals surface area (Å²) in [7, 11) is 3.13. The number of para-hydroxylation sites is 1. The minimum Gasteiger partial charge on any atom is -0.331 e. The van der Waals surface area contributed by atoms with Gasteiger partial charge in [0.2, 0.25) is 5.91 Å². The number of rotatable bonds is 3. The molecule has 0 saturated carbocycles. The minimum atomic E-state index is -0.750. The van der Waals surface area contributed by atoms with Crippen molar-refractivity contribution in [3.05, 3.63) is 30.1 Å². The van der Waals surface area contributed by atoms with Crippen LogP contribution >= 0.6 is 0 Å². The number of carbonyl (C=O) groups excluding carboxylic acids is 2. The van der Waals surface area contributed by atoms with Gasteiger partial charge >= 0.3 is 6.03 Å². The number of benzene rings is 1. The molecule has 0 aliphatic carbocycles. The Balaban J connectivity index is 2.61. The van der Waals surface area contributed by atoms with Crippen LogP contribution in [-0.2, 0) is 4.79 Å². The predicted molar refractivity (Wildman–Crippen MR) is 66.7 cm³/mol. The first kappa shape index (κ1) is 14.0. The van der Waals surface area contributed by atoms with Crippen LogP contribution in [0.3, 0.4) is 0 Å². The fraction of sp³-hybridized carbons (Fsp3) is 0.333. The van der Waals surface area contributed by atoms with E-state index >= 15 is 0 Å². The highest BCUT2D eigenvalue weighted by Crippen LogP contribution is 2.12. The van der Waals surface area contributed by atoms with Crippen LogP contribution in [0.2, 0.25) is 0 Å². The van der Waals surface area contributed by atoms with Crippen molar-refractivity contribution in [2.45, 2.75) is 13.0 Å². The van der Waals surface area contributed by atoms with Crippen LogP contribution in [0.4, 0.5) is 14.9 Å². The quantitative estimate of drug-likeness (QED) is 0.856. The van der Waals surface area contributed by atoms with Crippen LogP contribution in [0.5, 0.6) is 0 Å².